The summed E-state index contributed by atoms with van der Waals surface area (Å²) in [7, 11) is 0. The second-order valence-corrected chi connectivity index (χ2v) is 15.0. The zero-order valence-corrected chi connectivity index (χ0v) is 30.6. The molecule has 4 aromatic heterocycles. The molecular formula is C52H26N4O2. The van der Waals surface area contributed by atoms with Crippen LogP contribution in [0.2, 0.25) is 0 Å². The summed E-state index contributed by atoms with van der Waals surface area (Å²) in [4.78, 5) is 4.26. The Morgan fingerprint density at radius 1 is 0.448 bits per heavy atom. The van der Waals surface area contributed by atoms with Crippen LogP contribution in [0, 0.1) is 17.9 Å². The molecule has 0 bridgehead atoms. The SMILES string of the molecule is [C-]#[N+]c1cc(-n2c3ccc4ccccc4c3c3ccc4oc5ccccc5c4c32)c(C#N)cc1-n1c2ccc3ccccc3c2c2ccc3oc4ccccc4c3c21. The van der Waals surface area contributed by atoms with Crippen LogP contribution in [0.1, 0.15) is 5.56 Å². The highest BCUT2D eigenvalue weighted by molar-refractivity contribution is 6.31. The fourth-order valence-corrected chi connectivity index (χ4v) is 9.77. The Morgan fingerprint density at radius 2 is 0.931 bits per heavy atom. The smallest absolute Gasteiger partial charge is 0.212 e. The molecule has 58 heavy (non-hydrogen) atoms. The van der Waals surface area contributed by atoms with Gasteiger partial charge in [-0.1, -0.05) is 97.1 Å². The van der Waals surface area contributed by atoms with Gasteiger partial charge in [-0.3, -0.25) is 0 Å². The number of nitriles is 1. The van der Waals surface area contributed by atoms with Crippen molar-refractivity contribution < 1.29 is 8.83 Å². The van der Waals surface area contributed by atoms with Gasteiger partial charge >= 0.3 is 0 Å². The van der Waals surface area contributed by atoms with Gasteiger partial charge in [-0.15, -0.1) is 0 Å². The lowest BCUT2D eigenvalue weighted by atomic mass is 10.0. The standard InChI is InChI=1S/C52H26N4O2/c1-54-38-27-41(55-39-22-18-29-10-2-4-12-32(29)47(39)36-20-24-45-49(51(36)55)34-14-6-8-16-43(34)57-45)31(28-53)26-42(38)56-40-23-19-30-11-3-5-13-33(30)48(40)37-21-25-46-50(52(37)56)35-15-7-9-17-44(35)58-46/h2-27H. The molecule has 0 atom stereocenters. The van der Waals surface area contributed by atoms with Gasteiger partial charge in [0.05, 0.1) is 56.3 Å². The van der Waals surface area contributed by atoms with E-state index in [4.69, 9.17) is 15.4 Å². The van der Waals surface area contributed by atoms with Crippen molar-refractivity contribution in [3.63, 3.8) is 0 Å². The van der Waals surface area contributed by atoms with Crippen LogP contribution in [-0.4, -0.2) is 9.13 Å². The summed E-state index contributed by atoms with van der Waals surface area (Å²) in [5.41, 5.74) is 9.00. The third-order valence-electron chi connectivity index (χ3n) is 12.1. The van der Waals surface area contributed by atoms with E-state index in [9.17, 15) is 5.26 Å². The van der Waals surface area contributed by atoms with E-state index in [2.05, 4.69) is 123 Å². The highest BCUT2D eigenvalue weighted by Crippen LogP contribution is 2.47. The number of benzene rings is 9. The van der Waals surface area contributed by atoms with Crippen molar-refractivity contribution in [2.45, 2.75) is 0 Å². The van der Waals surface area contributed by atoms with Gasteiger partial charge in [0.1, 0.15) is 28.4 Å². The summed E-state index contributed by atoms with van der Waals surface area (Å²) in [6.45, 7) is 8.78. The molecule has 0 saturated carbocycles. The fourth-order valence-electron chi connectivity index (χ4n) is 9.77. The molecule has 4 heterocycles. The minimum absolute atomic E-state index is 0.422. The summed E-state index contributed by atoms with van der Waals surface area (Å²) >= 11 is 0. The van der Waals surface area contributed by atoms with E-state index < -0.39 is 0 Å². The maximum Gasteiger partial charge on any atom is 0.212 e. The molecule has 13 aromatic rings. The van der Waals surface area contributed by atoms with Gasteiger partial charge in [0.15, 0.2) is 0 Å². The van der Waals surface area contributed by atoms with E-state index in [1.807, 2.05) is 54.6 Å². The number of para-hydroxylation sites is 2. The first-order chi connectivity index (χ1) is 28.7. The van der Waals surface area contributed by atoms with Gasteiger partial charge in [-0.05, 0) is 82.2 Å². The second-order valence-electron chi connectivity index (χ2n) is 15.0. The predicted octanol–water partition coefficient (Wildman–Crippen LogP) is 14.4. The molecule has 0 aliphatic rings. The molecule has 6 heteroatoms. The first-order valence-corrected chi connectivity index (χ1v) is 19.2. The molecule has 0 fully saturated rings. The predicted molar refractivity (Wildman–Crippen MR) is 236 cm³/mol. The molecular weight excluding hydrogens is 713 g/mol. The van der Waals surface area contributed by atoms with Gasteiger partial charge in [0.25, 0.3) is 0 Å². The largest absolute Gasteiger partial charge is 0.456 e. The monoisotopic (exact) mass is 738 g/mol. The molecule has 9 aromatic carbocycles. The Kier molecular flexibility index (Phi) is 5.94. The minimum Gasteiger partial charge on any atom is -0.456 e. The average molecular weight is 739 g/mol. The van der Waals surface area contributed by atoms with Crippen LogP contribution in [0.5, 0.6) is 0 Å². The summed E-state index contributed by atoms with van der Waals surface area (Å²) in [5, 5.41) is 23.9. The molecule has 0 radical (unpaired) electrons. The third-order valence-corrected chi connectivity index (χ3v) is 12.1. The molecule has 0 N–H and O–H groups in total. The summed E-state index contributed by atoms with van der Waals surface area (Å²) < 4.78 is 17.2. The average Bonchev–Trinajstić information content (AvgIpc) is 4.03. The lowest BCUT2D eigenvalue weighted by molar-refractivity contribution is 0.669. The van der Waals surface area contributed by atoms with Crippen molar-refractivity contribution in [3.8, 4) is 17.4 Å². The van der Waals surface area contributed by atoms with Crippen LogP contribution in [0.15, 0.2) is 167 Å². The Morgan fingerprint density at radius 3 is 1.45 bits per heavy atom. The molecule has 0 aliphatic heterocycles. The van der Waals surface area contributed by atoms with Gasteiger partial charge in [-0.25, -0.2) is 4.85 Å². The van der Waals surface area contributed by atoms with Crippen molar-refractivity contribution in [1.29, 1.82) is 5.26 Å². The molecule has 266 valence electrons. The van der Waals surface area contributed by atoms with Crippen LogP contribution < -0.4 is 0 Å². The number of hydrogen-bond acceptors (Lipinski definition) is 3. The van der Waals surface area contributed by atoms with Crippen molar-refractivity contribution in [2.75, 3.05) is 0 Å². The molecule has 6 nitrogen and oxygen atoms in total. The fraction of sp³-hybridized carbons (Fsp3) is 0. The zero-order valence-electron chi connectivity index (χ0n) is 30.6. The topological polar surface area (TPSA) is 64.3 Å². The van der Waals surface area contributed by atoms with E-state index in [0.717, 1.165) is 109 Å². The summed E-state index contributed by atoms with van der Waals surface area (Å²) in [6.07, 6.45) is 0. The van der Waals surface area contributed by atoms with E-state index in [1.165, 1.54) is 0 Å². The van der Waals surface area contributed by atoms with Crippen LogP contribution in [-0.2, 0) is 0 Å². The van der Waals surface area contributed by atoms with Crippen LogP contribution >= 0.6 is 0 Å². The molecule has 0 amide bonds. The highest BCUT2D eigenvalue weighted by atomic mass is 16.3. The Bertz CT molecular complexity index is 3790. The van der Waals surface area contributed by atoms with Crippen molar-refractivity contribution in [3.05, 3.63) is 175 Å². The third kappa shape index (κ3) is 3.88. The van der Waals surface area contributed by atoms with E-state index >= 15 is 0 Å². The Hall–Kier alpha value is -8.32. The number of hydrogen-bond donors (Lipinski definition) is 0. The molecule has 0 unspecified atom stereocenters. The van der Waals surface area contributed by atoms with Crippen molar-refractivity contribution in [2.24, 2.45) is 0 Å². The van der Waals surface area contributed by atoms with Gasteiger partial charge in [0.2, 0.25) is 5.69 Å². The van der Waals surface area contributed by atoms with Crippen molar-refractivity contribution in [1.82, 2.24) is 9.13 Å². The van der Waals surface area contributed by atoms with Crippen molar-refractivity contribution >= 4 is 115 Å². The van der Waals surface area contributed by atoms with Gasteiger partial charge < -0.3 is 18.0 Å². The molecule has 0 aliphatic carbocycles. The zero-order chi connectivity index (χ0) is 38.2. The maximum absolute atomic E-state index is 11.2. The van der Waals surface area contributed by atoms with E-state index in [-0.39, 0.29) is 0 Å². The van der Waals surface area contributed by atoms with Gasteiger partial charge in [-0.2, -0.15) is 5.26 Å². The quantitative estimate of drug-likeness (QED) is 0.166. The first kappa shape index (κ1) is 30.9. The first-order valence-electron chi connectivity index (χ1n) is 19.2. The lowest BCUT2D eigenvalue weighted by Gasteiger charge is -2.16. The molecule has 0 spiro atoms. The second kappa shape index (κ2) is 11.1. The molecule has 13 rings (SSSR count). The number of fused-ring (bicyclic) bond motifs is 18. The summed E-state index contributed by atoms with van der Waals surface area (Å²) in [6, 6.07) is 56.3. The Balaban J connectivity index is 1.21. The maximum atomic E-state index is 11.2. The van der Waals surface area contributed by atoms with Crippen LogP contribution in [0.3, 0.4) is 0 Å². The van der Waals surface area contributed by atoms with Crippen LogP contribution in [0.25, 0.3) is 125 Å². The van der Waals surface area contributed by atoms with E-state index in [1.54, 1.807) is 0 Å². The number of rotatable bonds is 2. The Labute approximate surface area is 329 Å². The number of aromatic nitrogens is 2. The van der Waals surface area contributed by atoms with E-state index in [0.29, 0.717) is 22.6 Å². The lowest BCUT2D eigenvalue weighted by Crippen LogP contribution is -2.02. The number of nitrogens with zero attached hydrogens (tertiary/aromatic N) is 4. The normalized spacial score (nSPS) is 12.1. The van der Waals surface area contributed by atoms with Crippen LogP contribution in [0.4, 0.5) is 5.69 Å². The molecule has 0 saturated heterocycles. The highest BCUT2D eigenvalue weighted by Gasteiger charge is 2.26. The minimum atomic E-state index is 0.422. The summed E-state index contributed by atoms with van der Waals surface area (Å²) in [5.74, 6) is 0. The van der Waals surface area contributed by atoms with Gasteiger partial charge in [0, 0.05) is 32.3 Å². The number of furan rings is 2.